The first kappa shape index (κ1) is 31.7. The zero-order valence-electron chi connectivity index (χ0n) is 24.2. The van der Waals surface area contributed by atoms with E-state index in [0.29, 0.717) is 19.6 Å². The van der Waals surface area contributed by atoms with E-state index in [4.69, 9.17) is 18.9 Å². The van der Waals surface area contributed by atoms with Crippen LogP contribution in [0, 0.1) is 11.8 Å². The van der Waals surface area contributed by atoms with E-state index >= 15 is 0 Å². The number of esters is 1. The molecule has 2 atom stereocenters. The molecule has 0 aliphatic carbocycles. The first-order chi connectivity index (χ1) is 16.7. The summed E-state index contributed by atoms with van der Waals surface area (Å²) in [4.78, 5) is 25.2. The number of hydrogen-bond acceptors (Lipinski definition) is 6. The molecule has 0 aliphatic rings. The first-order valence-electron chi connectivity index (χ1n) is 13.1. The molecule has 0 aromatic heterocycles. The zero-order valence-corrected chi connectivity index (χ0v) is 24.2. The minimum absolute atomic E-state index is 0.0566. The lowest BCUT2D eigenvalue weighted by molar-refractivity contribution is -0.146. The maximum atomic E-state index is 12.7. The molecule has 0 bridgehead atoms. The van der Waals surface area contributed by atoms with Gasteiger partial charge in [0.05, 0.1) is 13.2 Å². The van der Waals surface area contributed by atoms with Gasteiger partial charge in [0.1, 0.15) is 17.4 Å². The van der Waals surface area contributed by atoms with Crippen LogP contribution >= 0.6 is 0 Å². The van der Waals surface area contributed by atoms with E-state index in [0.717, 1.165) is 29.7 Å². The quantitative estimate of drug-likeness (QED) is 0.258. The fraction of sp³-hybridized carbons (Fsp3) is 0.724. The number of amides is 1. The van der Waals surface area contributed by atoms with Crippen LogP contribution in [0.5, 0.6) is 5.75 Å². The van der Waals surface area contributed by atoms with Crippen LogP contribution in [0.3, 0.4) is 0 Å². The maximum Gasteiger partial charge on any atom is 0.408 e. The largest absolute Gasteiger partial charge is 0.493 e. The molecule has 0 radical (unpaired) electrons. The Kier molecular flexibility index (Phi) is 12.8. The highest BCUT2D eigenvalue weighted by Crippen LogP contribution is 2.34. The highest BCUT2D eigenvalue weighted by molar-refractivity contribution is 5.81. The van der Waals surface area contributed by atoms with E-state index in [9.17, 15) is 9.59 Å². The number of benzene rings is 1. The van der Waals surface area contributed by atoms with Gasteiger partial charge in [-0.1, -0.05) is 46.8 Å². The molecular weight excluding hydrogens is 458 g/mol. The Hall–Kier alpha value is -2.28. The van der Waals surface area contributed by atoms with E-state index in [1.807, 2.05) is 0 Å². The fourth-order valence-electron chi connectivity index (χ4n) is 3.92. The second kappa shape index (κ2) is 14.5. The number of alkyl carbamates (subject to hydrolysis) is 1. The molecule has 0 saturated heterocycles. The number of hydrogen-bond donors (Lipinski definition) is 1. The topological polar surface area (TPSA) is 83.1 Å². The van der Waals surface area contributed by atoms with Crippen molar-refractivity contribution < 1.29 is 28.5 Å². The summed E-state index contributed by atoms with van der Waals surface area (Å²) in [5, 5.41) is 2.74. The van der Waals surface area contributed by atoms with Crippen LogP contribution in [0.15, 0.2) is 18.2 Å². The first-order valence-corrected chi connectivity index (χ1v) is 13.1. The Morgan fingerprint density at radius 1 is 1.03 bits per heavy atom. The second-order valence-corrected chi connectivity index (χ2v) is 11.7. The Morgan fingerprint density at radius 2 is 1.69 bits per heavy atom. The summed E-state index contributed by atoms with van der Waals surface area (Å²) in [5.41, 5.74) is 1.57. The summed E-state index contributed by atoms with van der Waals surface area (Å²) in [6.45, 7) is 19.4. The molecule has 0 heterocycles. The van der Waals surface area contributed by atoms with E-state index in [2.05, 4.69) is 58.1 Å². The Labute approximate surface area is 218 Å². The third kappa shape index (κ3) is 11.6. The monoisotopic (exact) mass is 507 g/mol. The van der Waals surface area contributed by atoms with Crippen molar-refractivity contribution in [3.8, 4) is 5.75 Å². The lowest BCUT2D eigenvalue weighted by Gasteiger charge is -2.28. The Balaban J connectivity index is 3.13. The fourth-order valence-corrected chi connectivity index (χ4v) is 3.92. The molecule has 1 N–H and O–H groups in total. The Bertz CT molecular complexity index is 822. The van der Waals surface area contributed by atoms with Crippen molar-refractivity contribution in [3.05, 3.63) is 29.3 Å². The van der Waals surface area contributed by atoms with Crippen LogP contribution in [0.4, 0.5) is 4.79 Å². The molecule has 0 fully saturated rings. The predicted octanol–water partition coefficient (Wildman–Crippen LogP) is 6.06. The smallest absolute Gasteiger partial charge is 0.408 e. The van der Waals surface area contributed by atoms with Crippen molar-refractivity contribution in [1.29, 1.82) is 0 Å². The van der Waals surface area contributed by atoms with Gasteiger partial charge in [0.15, 0.2) is 0 Å². The van der Waals surface area contributed by atoms with E-state index in [1.54, 1.807) is 34.8 Å². The van der Waals surface area contributed by atoms with Crippen molar-refractivity contribution in [2.24, 2.45) is 11.8 Å². The van der Waals surface area contributed by atoms with Gasteiger partial charge in [-0.2, -0.15) is 0 Å². The summed E-state index contributed by atoms with van der Waals surface area (Å²) >= 11 is 0. The molecular formula is C29H49NO6. The molecule has 1 aromatic rings. The summed E-state index contributed by atoms with van der Waals surface area (Å²) in [5.74, 6) is 0.832. The van der Waals surface area contributed by atoms with Crippen LogP contribution in [-0.4, -0.2) is 50.6 Å². The van der Waals surface area contributed by atoms with Crippen molar-refractivity contribution in [3.63, 3.8) is 0 Å². The highest BCUT2D eigenvalue weighted by atomic mass is 16.6. The number of carbonyl (C=O) groups excluding carboxylic acids is 2. The molecule has 1 amide bonds. The lowest BCUT2D eigenvalue weighted by atomic mass is 9.82. The van der Waals surface area contributed by atoms with E-state index in [1.165, 1.54) is 0 Å². The summed E-state index contributed by atoms with van der Waals surface area (Å²) in [6, 6.07) is 5.60. The van der Waals surface area contributed by atoms with Crippen LogP contribution in [0.25, 0.3) is 0 Å². The van der Waals surface area contributed by atoms with Crippen LogP contribution in [0.2, 0.25) is 0 Å². The average molecular weight is 508 g/mol. The van der Waals surface area contributed by atoms with Crippen LogP contribution in [-0.2, 0) is 30.8 Å². The summed E-state index contributed by atoms with van der Waals surface area (Å²) in [6.07, 6.45) is 1.38. The standard InChI is InChI=1S/C29H49NO6/c1-11-34-26(31)24(30-27(32)36-29(7,8)9)19-22(20(2)3)17-21-13-14-23(28(4,5)6)25(18-21)35-16-12-15-33-10/h13-14,18,20,22,24H,11-12,15-17,19H2,1-10H3,(H,30,32). The van der Waals surface area contributed by atoms with Gasteiger partial charge in [-0.05, 0) is 75.0 Å². The number of carbonyl (C=O) groups is 2. The number of rotatable bonds is 13. The van der Waals surface area contributed by atoms with Crippen molar-refractivity contribution >= 4 is 12.1 Å². The number of ether oxygens (including phenoxy) is 4. The van der Waals surface area contributed by atoms with Crippen molar-refractivity contribution in [1.82, 2.24) is 5.32 Å². The van der Waals surface area contributed by atoms with Gasteiger partial charge in [0.2, 0.25) is 0 Å². The van der Waals surface area contributed by atoms with E-state index in [-0.39, 0.29) is 23.9 Å². The Morgan fingerprint density at radius 3 is 2.22 bits per heavy atom. The molecule has 7 heteroatoms. The van der Waals surface area contributed by atoms with Gasteiger partial charge in [-0.25, -0.2) is 9.59 Å². The minimum atomic E-state index is -0.786. The molecule has 1 rings (SSSR count). The third-order valence-electron chi connectivity index (χ3n) is 5.85. The molecule has 0 spiro atoms. The molecule has 0 saturated carbocycles. The van der Waals surface area contributed by atoms with Crippen molar-refractivity contribution in [2.75, 3.05) is 26.9 Å². The predicted molar refractivity (Wildman–Crippen MR) is 144 cm³/mol. The average Bonchev–Trinajstić information content (AvgIpc) is 2.73. The van der Waals surface area contributed by atoms with Gasteiger partial charge < -0.3 is 24.3 Å². The van der Waals surface area contributed by atoms with Gasteiger partial charge >= 0.3 is 12.1 Å². The lowest BCUT2D eigenvalue weighted by Crippen LogP contribution is -2.45. The molecule has 1 aromatic carbocycles. The van der Waals surface area contributed by atoms with Gasteiger partial charge in [-0.3, -0.25) is 0 Å². The second-order valence-electron chi connectivity index (χ2n) is 11.7. The minimum Gasteiger partial charge on any atom is -0.493 e. The van der Waals surface area contributed by atoms with Gasteiger partial charge in [0, 0.05) is 20.1 Å². The summed E-state index contributed by atoms with van der Waals surface area (Å²) in [7, 11) is 1.69. The van der Waals surface area contributed by atoms with Crippen molar-refractivity contribution in [2.45, 2.75) is 98.6 Å². The molecule has 2 unspecified atom stereocenters. The van der Waals surface area contributed by atoms with E-state index < -0.39 is 23.7 Å². The van der Waals surface area contributed by atoms with Crippen LogP contribution in [0.1, 0.15) is 86.3 Å². The SMILES string of the molecule is CCOC(=O)C(CC(Cc1ccc(C(C)(C)C)c(OCCCOC)c1)C(C)C)NC(=O)OC(C)(C)C. The molecule has 7 nitrogen and oxygen atoms in total. The third-order valence-corrected chi connectivity index (χ3v) is 5.85. The van der Waals surface area contributed by atoms with Gasteiger partial charge in [-0.15, -0.1) is 0 Å². The van der Waals surface area contributed by atoms with Gasteiger partial charge in [0.25, 0.3) is 0 Å². The number of nitrogens with one attached hydrogen (secondary N) is 1. The molecule has 0 aliphatic heterocycles. The van der Waals surface area contributed by atoms with Crippen LogP contribution < -0.4 is 10.1 Å². The maximum absolute atomic E-state index is 12.7. The summed E-state index contributed by atoms with van der Waals surface area (Å²) < 4.78 is 22.0. The normalized spacial score (nSPS) is 13.8. The molecule has 206 valence electrons. The highest BCUT2D eigenvalue weighted by Gasteiger charge is 2.30. The zero-order chi connectivity index (χ0) is 27.5. The molecule has 36 heavy (non-hydrogen) atoms. The number of methoxy groups -OCH3 is 1.